The molecule has 1 aliphatic rings. The molecular weight excluding hydrogens is 307 g/mol. The van der Waals surface area contributed by atoms with Gasteiger partial charge in [0.2, 0.25) is 0 Å². The van der Waals surface area contributed by atoms with Crippen molar-refractivity contribution in [2.45, 2.75) is 29.5 Å². The van der Waals surface area contributed by atoms with Gasteiger partial charge in [0.15, 0.2) is 18.5 Å². The predicted octanol–water partition coefficient (Wildman–Crippen LogP) is 3.33. The highest BCUT2D eigenvalue weighted by molar-refractivity contribution is 8.00. The van der Waals surface area contributed by atoms with Gasteiger partial charge in [-0.2, -0.15) is 13.2 Å². The van der Waals surface area contributed by atoms with E-state index in [1.54, 1.807) is 6.92 Å². The van der Waals surface area contributed by atoms with Gasteiger partial charge in [-0.05, 0) is 36.4 Å². The second kappa shape index (κ2) is 6.38. The Kier molecular flexibility index (Phi) is 4.76. The van der Waals surface area contributed by atoms with Crippen molar-refractivity contribution < 1.29 is 27.4 Å². The molecule has 1 aliphatic heterocycles. The monoisotopic (exact) mass is 319 g/mol. The van der Waals surface area contributed by atoms with Gasteiger partial charge in [-0.3, -0.25) is 0 Å². The second-order valence-electron chi connectivity index (χ2n) is 4.12. The molecule has 114 valence electrons. The van der Waals surface area contributed by atoms with Crippen LogP contribution in [0, 0.1) is 0 Å². The van der Waals surface area contributed by atoms with E-state index in [1.807, 2.05) is 0 Å². The number of halogens is 3. The van der Waals surface area contributed by atoms with E-state index in [0.29, 0.717) is 5.56 Å². The third kappa shape index (κ3) is 4.13. The summed E-state index contributed by atoms with van der Waals surface area (Å²) in [6.45, 7) is 1.90. The van der Waals surface area contributed by atoms with Gasteiger partial charge in [-0.25, -0.2) is 9.79 Å². The standard InChI is InChI=1S/C13H12F3NO3S/c1-2-19-12(18)10-11(20-7-17-10)8-3-5-9(6-4-8)21-13(14,15)16/h3-7,10-11H,2H2,1H3. The summed E-state index contributed by atoms with van der Waals surface area (Å²) in [6, 6.07) is 4.81. The molecule has 0 bridgehead atoms. The lowest BCUT2D eigenvalue weighted by atomic mass is 10.0. The third-order valence-corrected chi connectivity index (χ3v) is 3.43. The summed E-state index contributed by atoms with van der Waals surface area (Å²) < 4.78 is 46.9. The van der Waals surface area contributed by atoms with Crippen LogP contribution in [0.15, 0.2) is 34.2 Å². The molecule has 2 atom stereocenters. The Morgan fingerprint density at radius 1 is 1.38 bits per heavy atom. The number of hydrogen-bond donors (Lipinski definition) is 0. The molecule has 2 unspecified atom stereocenters. The van der Waals surface area contributed by atoms with Gasteiger partial charge >= 0.3 is 11.5 Å². The number of ether oxygens (including phenoxy) is 2. The minimum atomic E-state index is -4.33. The van der Waals surface area contributed by atoms with E-state index in [0.717, 1.165) is 6.40 Å². The first kappa shape index (κ1) is 15.7. The number of thioether (sulfide) groups is 1. The van der Waals surface area contributed by atoms with Crippen molar-refractivity contribution in [3.8, 4) is 0 Å². The van der Waals surface area contributed by atoms with Crippen molar-refractivity contribution in [1.82, 2.24) is 0 Å². The molecule has 21 heavy (non-hydrogen) atoms. The molecule has 2 rings (SSSR count). The van der Waals surface area contributed by atoms with Crippen molar-refractivity contribution in [3.63, 3.8) is 0 Å². The number of alkyl halides is 3. The van der Waals surface area contributed by atoms with Crippen LogP contribution < -0.4 is 0 Å². The molecule has 0 aromatic heterocycles. The molecule has 0 amide bonds. The zero-order valence-corrected chi connectivity index (χ0v) is 11.8. The van der Waals surface area contributed by atoms with Crippen LogP contribution in [-0.2, 0) is 14.3 Å². The van der Waals surface area contributed by atoms with Gasteiger partial charge in [-0.15, -0.1) is 0 Å². The minimum absolute atomic E-state index is 0.0675. The Balaban J connectivity index is 2.09. The summed E-state index contributed by atoms with van der Waals surface area (Å²) >= 11 is -0.196. The molecule has 0 saturated heterocycles. The Hall–Kier alpha value is -1.70. The smallest absolute Gasteiger partial charge is 0.446 e. The Morgan fingerprint density at radius 3 is 2.62 bits per heavy atom. The van der Waals surface area contributed by atoms with Crippen molar-refractivity contribution >= 4 is 24.1 Å². The topological polar surface area (TPSA) is 47.9 Å². The van der Waals surface area contributed by atoms with Gasteiger partial charge in [0.05, 0.1) is 6.61 Å². The Labute approximate surface area is 123 Å². The lowest BCUT2D eigenvalue weighted by Gasteiger charge is -2.16. The average molecular weight is 319 g/mol. The lowest BCUT2D eigenvalue weighted by molar-refractivity contribution is -0.146. The fourth-order valence-electron chi connectivity index (χ4n) is 1.85. The summed E-state index contributed by atoms with van der Waals surface area (Å²) in [5.74, 6) is -0.523. The molecule has 1 aromatic carbocycles. The summed E-state index contributed by atoms with van der Waals surface area (Å²) in [7, 11) is 0. The highest BCUT2D eigenvalue weighted by atomic mass is 32.2. The minimum Gasteiger partial charge on any atom is -0.473 e. The van der Waals surface area contributed by atoms with Crippen LogP contribution in [0.2, 0.25) is 0 Å². The average Bonchev–Trinajstić information content (AvgIpc) is 2.87. The maximum Gasteiger partial charge on any atom is 0.446 e. The van der Waals surface area contributed by atoms with Crippen LogP contribution in [0.3, 0.4) is 0 Å². The Bertz CT molecular complexity index is 530. The van der Waals surface area contributed by atoms with Crippen molar-refractivity contribution in [2.24, 2.45) is 4.99 Å². The molecule has 0 spiro atoms. The first-order valence-corrected chi connectivity index (χ1v) is 6.92. The highest BCUT2D eigenvalue weighted by Gasteiger charge is 2.35. The SMILES string of the molecule is CCOC(=O)C1N=COC1c1ccc(SC(F)(F)F)cc1. The zero-order chi connectivity index (χ0) is 15.5. The van der Waals surface area contributed by atoms with E-state index in [2.05, 4.69) is 4.99 Å². The fraction of sp³-hybridized carbons (Fsp3) is 0.385. The van der Waals surface area contributed by atoms with Gasteiger partial charge in [0.1, 0.15) is 0 Å². The van der Waals surface area contributed by atoms with Gasteiger partial charge in [0, 0.05) is 4.90 Å². The van der Waals surface area contributed by atoms with Gasteiger partial charge in [-0.1, -0.05) is 12.1 Å². The second-order valence-corrected chi connectivity index (χ2v) is 5.26. The molecule has 0 saturated carbocycles. The van der Waals surface area contributed by atoms with Crippen LogP contribution >= 0.6 is 11.8 Å². The normalized spacial score (nSPS) is 21.1. The number of carbonyl (C=O) groups excluding carboxylic acids is 1. The zero-order valence-electron chi connectivity index (χ0n) is 11.0. The predicted molar refractivity (Wildman–Crippen MR) is 71.1 cm³/mol. The molecule has 1 heterocycles. The highest BCUT2D eigenvalue weighted by Crippen LogP contribution is 2.37. The number of aliphatic imine (C=N–C) groups is 1. The third-order valence-electron chi connectivity index (χ3n) is 2.69. The summed E-state index contributed by atoms with van der Waals surface area (Å²) in [5, 5.41) is 0. The van der Waals surface area contributed by atoms with Crippen molar-refractivity contribution in [3.05, 3.63) is 29.8 Å². The molecule has 8 heteroatoms. The lowest BCUT2D eigenvalue weighted by Crippen LogP contribution is -2.26. The van der Waals surface area contributed by atoms with E-state index >= 15 is 0 Å². The van der Waals surface area contributed by atoms with Crippen LogP contribution in [-0.4, -0.2) is 30.5 Å². The number of hydrogen-bond acceptors (Lipinski definition) is 5. The van der Waals surface area contributed by atoms with Crippen LogP contribution in [0.25, 0.3) is 0 Å². The van der Waals surface area contributed by atoms with Gasteiger partial charge in [0.25, 0.3) is 0 Å². The summed E-state index contributed by atoms with van der Waals surface area (Å²) in [5.41, 5.74) is -3.76. The molecule has 0 fully saturated rings. The molecule has 1 aromatic rings. The molecular formula is C13H12F3NO3S. The van der Waals surface area contributed by atoms with E-state index in [4.69, 9.17) is 9.47 Å². The maximum absolute atomic E-state index is 12.3. The van der Waals surface area contributed by atoms with E-state index in [-0.39, 0.29) is 23.3 Å². The van der Waals surface area contributed by atoms with E-state index in [9.17, 15) is 18.0 Å². The number of esters is 1. The van der Waals surface area contributed by atoms with Gasteiger partial charge < -0.3 is 9.47 Å². The van der Waals surface area contributed by atoms with Crippen LogP contribution in [0.4, 0.5) is 13.2 Å². The largest absolute Gasteiger partial charge is 0.473 e. The number of rotatable bonds is 4. The van der Waals surface area contributed by atoms with E-state index < -0.39 is 23.6 Å². The van der Waals surface area contributed by atoms with E-state index in [1.165, 1.54) is 24.3 Å². The van der Waals surface area contributed by atoms with Crippen molar-refractivity contribution in [1.29, 1.82) is 0 Å². The molecule has 0 radical (unpaired) electrons. The quantitative estimate of drug-likeness (QED) is 0.631. The molecule has 0 N–H and O–H groups in total. The molecule has 4 nitrogen and oxygen atoms in total. The number of nitrogens with zero attached hydrogens (tertiary/aromatic N) is 1. The first-order valence-electron chi connectivity index (χ1n) is 6.10. The molecule has 0 aliphatic carbocycles. The Morgan fingerprint density at radius 2 is 2.05 bits per heavy atom. The number of benzene rings is 1. The first-order chi connectivity index (χ1) is 9.90. The fourth-order valence-corrected chi connectivity index (χ4v) is 2.39. The summed E-state index contributed by atoms with van der Waals surface area (Å²) in [6.07, 6.45) is 0.485. The van der Waals surface area contributed by atoms with Crippen molar-refractivity contribution in [2.75, 3.05) is 6.61 Å². The van der Waals surface area contributed by atoms with Crippen LogP contribution in [0.1, 0.15) is 18.6 Å². The summed E-state index contributed by atoms with van der Waals surface area (Å²) in [4.78, 5) is 15.7. The number of carbonyl (C=O) groups is 1. The maximum atomic E-state index is 12.3. The van der Waals surface area contributed by atoms with Crippen LogP contribution in [0.5, 0.6) is 0 Å².